The standard InChI is InChI=1S/C20H26ClFN4O2.C6H6/c1-9-13-6-11(5-10(13)7-16(9)27)18(23)17(19(24)25-2)20(28)26-12-3-4-15(22)14(21)8-12;1-2-4-6-5-3-1/h3-4,8-11,13,16,27H,5-7,23H2,1-2H3,(H2,24,25)(H,26,28);1-6H/b18-17+;. The number of rotatable bonds is 4. The second-order valence-corrected chi connectivity index (χ2v) is 9.34. The molecule has 0 aromatic heterocycles. The molecule has 6 nitrogen and oxygen atoms in total. The summed E-state index contributed by atoms with van der Waals surface area (Å²) in [7, 11) is 1.49. The Morgan fingerprint density at radius 3 is 2.26 bits per heavy atom. The van der Waals surface area contributed by atoms with E-state index in [1.807, 2.05) is 36.4 Å². The number of halogens is 2. The molecule has 1 amide bonds. The zero-order valence-electron chi connectivity index (χ0n) is 19.4. The SMILES string of the molecule is CN=C(N)/C(C(=O)Nc1ccc(F)c(Cl)c1)=C(\N)C1CC2CC(O)C(C)C2C1.c1ccccc1. The highest BCUT2D eigenvalue weighted by Gasteiger charge is 2.47. The molecule has 6 N–H and O–H groups in total. The van der Waals surface area contributed by atoms with Gasteiger partial charge in [-0.05, 0) is 61.1 Å². The summed E-state index contributed by atoms with van der Waals surface area (Å²) in [5, 5.41) is 12.6. The Hall–Kier alpha value is -2.90. The van der Waals surface area contributed by atoms with E-state index in [9.17, 15) is 14.3 Å². The van der Waals surface area contributed by atoms with Crippen molar-refractivity contribution in [2.45, 2.75) is 32.3 Å². The van der Waals surface area contributed by atoms with Gasteiger partial charge in [0.2, 0.25) is 0 Å². The average molecular weight is 487 g/mol. The van der Waals surface area contributed by atoms with Crippen LogP contribution in [0.15, 0.2) is 70.9 Å². The first-order valence-electron chi connectivity index (χ1n) is 11.4. The monoisotopic (exact) mass is 486 g/mol. The Morgan fingerprint density at radius 1 is 1.12 bits per heavy atom. The second kappa shape index (κ2) is 11.5. The molecule has 2 aromatic carbocycles. The third-order valence-corrected chi connectivity index (χ3v) is 7.16. The molecule has 8 heteroatoms. The van der Waals surface area contributed by atoms with Crippen molar-refractivity contribution in [3.63, 3.8) is 0 Å². The molecule has 5 unspecified atom stereocenters. The van der Waals surface area contributed by atoms with Gasteiger partial charge < -0.3 is 21.9 Å². The lowest BCUT2D eigenvalue weighted by Crippen LogP contribution is -2.31. The molecule has 0 saturated heterocycles. The number of aliphatic imine (C=N–C) groups is 1. The Labute approximate surface area is 204 Å². The van der Waals surface area contributed by atoms with Crippen molar-refractivity contribution in [1.82, 2.24) is 0 Å². The molecular weight excluding hydrogens is 455 g/mol. The molecular formula is C26H32ClFN4O2. The molecule has 2 saturated carbocycles. The summed E-state index contributed by atoms with van der Waals surface area (Å²) in [6, 6.07) is 15.9. The molecule has 4 rings (SSSR count). The Morgan fingerprint density at radius 2 is 1.74 bits per heavy atom. The van der Waals surface area contributed by atoms with Crippen molar-refractivity contribution in [3.05, 3.63) is 76.7 Å². The molecule has 0 radical (unpaired) electrons. The molecule has 2 fully saturated rings. The normalized spacial score (nSPS) is 26.7. The molecule has 0 spiro atoms. The van der Waals surface area contributed by atoms with Gasteiger partial charge in [-0.1, -0.05) is 54.9 Å². The quantitative estimate of drug-likeness (QED) is 0.292. The summed E-state index contributed by atoms with van der Waals surface area (Å²) in [5.41, 5.74) is 13.3. The molecule has 34 heavy (non-hydrogen) atoms. The zero-order valence-corrected chi connectivity index (χ0v) is 20.2. The van der Waals surface area contributed by atoms with Crippen molar-refractivity contribution in [3.8, 4) is 0 Å². The number of fused-ring (bicyclic) bond motifs is 1. The fraction of sp³-hybridized carbons (Fsp3) is 0.385. The number of nitrogens with two attached hydrogens (primary N) is 2. The maximum atomic E-state index is 13.4. The minimum absolute atomic E-state index is 0.00260. The van der Waals surface area contributed by atoms with E-state index in [0.717, 1.165) is 19.3 Å². The van der Waals surface area contributed by atoms with Crippen LogP contribution in [0, 0.1) is 29.5 Å². The van der Waals surface area contributed by atoms with Crippen molar-refractivity contribution in [1.29, 1.82) is 0 Å². The molecule has 5 atom stereocenters. The van der Waals surface area contributed by atoms with E-state index in [2.05, 4.69) is 17.2 Å². The first kappa shape index (κ1) is 25.7. The Balaban J connectivity index is 0.000000469. The predicted octanol–water partition coefficient (Wildman–Crippen LogP) is 4.35. The molecule has 2 aromatic rings. The fourth-order valence-electron chi connectivity index (χ4n) is 5.00. The number of hydrogen-bond acceptors (Lipinski definition) is 4. The highest BCUT2D eigenvalue weighted by Crippen LogP contribution is 2.51. The van der Waals surface area contributed by atoms with E-state index in [1.165, 1.54) is 25.2 Å². The summed E-state index contributed by atoms with van der Waals surface area (Å²) in [4.78, 5) is 16.8. The maximum absolute atomic E-state index is 13.4. The summed E-state index contributed by atoms with van der Waals surface area (Å²) < 4.78 is 13.4. The molecule has 2 aliphatic rings. The number of aliphatic hydroxyl groups excluding tert-OH is 1. The van der Waals surface area contributed by atoms with Crippen LogP contribution in [0.4, 0.5) is 10.1 Å². The van der Waals surface area contributed by atoms with E-state index in [-0.39, 0.29) is 34.4 Å². The number of nitrogens with one attached hydrogen (secondary N) is 1. The first-order chi connectivity index (χ1) is 16.2. The van der Waals surface area contributed by atoms with Crippen LogP contribution in [0.25, 0.3) is 0 Å². The number of allylic oxidation sites excluding steroid dienone is 1. The van der Waals surface area contributed by atoms with Crippen LogP contribution >= 0.6 is 11.6 Å². The van der Waals surface area contributed by atoms with Gasteiger partial charge in [-0.3, -0.25) is 9.79 Å². The van der Waals surface area contributed by atoms with Gasteiger partial charge in [-0.2, -0.15) is 0 Å². The zero-order chi connectivity index (χ0) is 24.8. The largest absolute Gasteiger partial charge is 0.401 e. The Bertz CT molecular complexity index is 1030. The van der Waals surface area contributed by atoms with Gasteiger partial charge in [-0.15, -0.1) is 0 Å². The van der Waals surface area contributed by atoms with E-state index in [4.69, 9.17) is 23.1 Å². The number of benzene rings is 2. The lowest BCUT2D eigenvalue weighted by atomic mass is 9.90. The highest BCUT2D eigenvalue weighted by atomic mass is 35.5. The van der Waals surface area contributed by atoms with Gasteiger partial charge in [0.15, 0.2) is 0 Å². The summed E-state index contributed by atoms with van der Waals surface area (Å²) in [5.74, 6) is -0.0197. The van der Waals surface area contributed by atoms with Gasteiger partial charge in [-0.25, -0.2) is 4.39 Å². The number of hydrogen-bond donors (Lipinski definition) is 4. The van der Waals surface area contributed by atoms with Crippen LogP contribution < -0.4 is 16.8 Å². The topological polar surface area (TPSA) is 114 Å². The predicted molar refractivity (Wildman–Crippen MR) is 135 cm³/mol. The summed E-state index contributed by atoms with van der Waals surface area (Å²) in [6.07, 6.45) is 2.12. The number of anilines is 1. The number of carbonyl (C=O) groups is 1. The third-order valence-electron chi connectivity index (χ3n) is 6.87. The molecule has 0 aliphatic heterocycles. The van der Waals surface area contributed by atoms with Gasteiger partial charge in [0.25, 0.3) is 5.91 Å². The lowest BCUT2D eigenvalue weighted by Gasteiger charge is -2.20. The number of aliphatic hydroxyl groups is 1. The lowest BCUT2D eigenvalue weighted by molar-refractivity contribution is -0.112. The molecule has 2 aliphatic carbocycles. The van der Waals surface area contributed by atoms with Gasteiger partial charge in [0.1, 0.15) is 17.2 Å². The fourth-order valence-corrected chi connectivity index (χ4v) is 5.18. The van der Waals surface area contributed by atoms with Crippen LogP contribution in [-0.2, 0) is 4.79 Å². The van der Waals surface area contributed by atoms with Gasteiger partial charge in [0, 0.05) is 18.4 Å². The van der Waals surface area contributed by atoms with Crippen molar-refractivity contribution >= 4 is 29.0 Å². The number of carbonyl (C=O) groups excluding carboxylic acids is 1. The average Bonchev–Trinajstić information content (AvgIpc) is 3.36. The summed E-state index contributed by atoms with van der Waals surface area (Å²) >= 11 is 5.78. The van der Waals surface area contributed by atoms with Crippen molar-refractivity contribution in [2.24, 2.45) is 40.1 Å². The first-order valence-corrected chi connectivity index (χ1v) is 11.8. The minimum Gasteiger partial charge on any atom is -0.401 e. The molecule has 0 heterocycles. The highest BCUT2D eigenvalue weighted by molar-refractivity contribution is 6.31. The van der Waals surface area contributed by atoms with Crippen LogP contribution in [-0.4, -0.2) is 30.0 Å². The molecule has 0 bridgehead atoms. The smallest absolute Gasteiger partial charge is 0.261 e. The van der Waals surface area contributed by atoms with E-state index < -0.39 is 11.7 Å². The number of nitrogens with zero attached hydrogens (tertiary/aromatic N) is 1. The van der Waals surface area contributed by atoms with Gasteiger partial charge >= 0.3 is 0 Å². The van der Waals surface area contributed by atoms with Crippen LogP contribution in [0.1, 0.15) is 26.2 Å². The number of amides is 1. The van der Waals surface area contributed by atoms with E-state index in [0.29, 0.717) is 23.2 Å². The minimum atomic E-state index is -0.571. The van der Waals surface area contributed by atoms with Crippen LogP contribution in [0.5, 0.6) is 0 Å². The third kappa shape index (κ3) is 5.96. The van der Waals surface area contributed by atoms with Crippen molar-refractivity contribution < 1.29 is 14.3 Å². The van der Waals surface area contributed by atoms with Crippen LogP contribution in [0.3, 0.4) is 0 Å². The van der Waals surface area contributed by atoms with Gasteiger partial charge in [0.05, 0.1) is 11.1 Å². The number of amidine groups is 1. The van der Waals surface area contributed by atoms with E-state index in [1.54, 1.807) is 0 Å². The maximum Gasteiger partial charge on any atom is 0.261 e. The second-order valence-electron chi connectivity index (χ2n) is 8.93. The molecule has 182 valence electrons. The van der Waals surface area contributed by atoms with Crippen molar-refractivity contribution in [2.75, 3.05) is 12.4 Å². The van der Waals surface area contributed by atoms with Crippen LogP contribution in [0.2, 0.25) is 5.02 Å². The summed E-state index contributed by atoms with van der Waals surface area (Å²) in [6.45, 7) is 2.06. The Kier molecular flexibility index (Phi) is 8.69. The van der Waals surface area contributed by atoms with E-state index >= 15 is 0 Å².